The fourth-order valence-corrected chi connectivity index (χ4v) is 3.37. The zero-order valence-electron chi connectivity index (χ0n) is 16.8. The highest BCUT2D eigenvalue weighted by molar-refractivity contribution is 5.47. The second-order valence-electron chi connectivity index (χ2n) is 7.04. The molecule has 3 nitrogen and oxygen atoms in total. The Morgan fingerprint density at radius 1 is 0.607 bits per heavy atom. The highest BCUT2D eigenvalue weighted by Crippen LogP contribution is 2.40. The molecule has 0 heterocycles. The average Bonchev–Trinajstić information content (AvgIpc) is 2.75. The molecule has 0 saturated heterocycles. The first-order chi connectivity index (χ1) is 13.7. The summed E-state index contributed by atoms with van der Waals surface area (Å²) in [4.78, 5) is 2.11. The number of rotatable bonds is 10. The van der Waals surface area contributed by atoms with Gasteiger partial charge in [0.2, 0.25) is 0 Å². The largest absolute Gasteiger partial charge is 0.378 e. The number of benzene rings is 3. The van der Waals surface area contributed by atoms with Gasteiger partial charge >= 0.3 is 0 Å². The van der Waals surface area contributed by atoms with Crippen molar-refractivity contribution in [2.45, 2.75) is 5.60 Å². The van der Waals surface area contributed by atoms with Gasteiger partial charge in [0.05, 0.1) is 19.8 Å². The van der Waals surface area contributed by atoms with Gasteiger partial charge in [0, 0.05) is 6.54 Å². The lowest BCUT2D eigenvalue weighted by Gasteiger charge is -2.36. The molecule has 0 radical (unpaired) electrons. The normalized spacial score (nSPS) is 11.7. The Kier molecular flexibility index (Phi) is 7.38. The monoisotopic (exact) mass is 375 g/mol. The van der Waals surface area contributed by atoms with Crippen molar-refractivity contribution in [1.82, 2.24) is 4.90 Å². The van der Waals surface area contributed by atoms with E-state index < -0.39 is 5.60 Å². The summed E-state index contributed by atoms with van der Waals surface area (Å²) in [5.41, 5.74) is 2.66. The van der Waals surface area contributed by atoms with E-state index in [0.29, 0.717) is 19.8 Å². The Morgan fingerprint density at radius 2 is 1.04 bits per heavy atom. The van der Waals surface area contributed by atoms with Gasteiger partial charge in [-0.05, 0) is 30.8 Å². The number of nitrogens with zero attached hydrogens (tertiary/aromatic N) is 1. The minimum Gasteiger partial charge on any atom is -0.378 e. The Morgan fingerprint density at radius 3 is 1.43 bits per heavy atom. The Balaban J connectivity index is 1.93. The van der Waals surface area contributed by atoms with E-state index in [9.17, 15) is 0 Å². The van der Waals surface area contributed by atoms with E-state index in [2.05, 4.69) is 77.7 Å². The summed E-state index contributed by atoms with van der Waals surface area (Å²) in [5, 5.41) is 0. The zero-order valence-corrected chi connectivity index (χ0v) is 16.8. The molecular weight excluding hydrogens is 346 g/mol. The van der Waals surface area contributed by atoms with Crippen LogP contribution in [-0.4, -0.2) is 45.4 Å². The molecule has 0 aliphatic carbocycles. The minimum atomic E-state index is -0.672. The topological polar surface area (TPSA) is 21.7 Å². The average molecular weight is 376 g/mol. The molecule has 146 valence electrons. The third kappa shape index (κ3) is 4.87. The molecule has 0 N–H and O–H groups in total. The first-order valence-corrected chi connectivity index (χ1v) is 9.76. The maximum Gasteiger partial charge on any atom is 0.143 e. The van der Waals surface area contributed by atoms with Gasteiger partial charge in [-0.15, -0.1) is 0 Å². The van der Waals surface area contributed by atoms with Gasteiger partial charge in [0.25, 0.3) is 0 Å². The summed E-state index contributed by atoms with van der Waals surface area (Å²) < 4.78 is 12.4. The summed E-state index contributed by atoms with van der Waals surface area (Å²) in [7, 11) is 4.09. The quantitative estimate of drug-likeness (QED) is 0.383. The van der Waals surface area contributed by atoms with Crippen molar-refractivity contribution in [2.24, 2.45) is 0 Å². The molecule has 0 unspecified atom stereocenters. The summed E-state index contributed by atoms with van der Waals surface area (Å²) >= 11 is 0. The molecule has 0 aliphatic heterocycles. The highest BCUT2D eigenvalue weighted by Gasteiger charge is 2.37. The standard InChI is InChI=1S/C25H29NO2/c1-26(2)18-19-27-20-21-28-25(22-12-6-3-7-13-22,23-14-8-4-9-15-23)24-16-10-5-11-17-24/h3-17H,18-21H2,1-2H3. The summed E-state index contributed by atoms with van der Waals surface area (Å²) in [6.45, 7) is 2.67. The van der Waals surface area contributed by atoms with Crippen LogP contribution in [0, 0.1) is 0 Å². The number of hydrogen-bond donors (Lipinski definition) is 0. The van der Waals surface area contributed by atoms with Crippen molar-refractivity contribution in [3.8, 4) is 0 Å². The van der Waals surface area contributed by atoms with Crippen molar-refractivity contribution in [1.29, 1.82) is 0 Å². The van der Waals surface area contributed by atoms with Gasteiger partial charge in [-0.25, -0.2) is 0 Å². The fourth-order valence-electron chi connectivity index (χ4n) is 3.37. The lowest BCUT2D eigenvalue weighted by atomic mass is 9.80. The van der Waals surface area contributed by atoms with Gasteiger partial charge in [0.1, 0.15) is 5.60 Å². The fraction of sp³-hybridized carbons (Fsp3) is 0.280. The first-order valence-electron chi connectivity index (χ1n) is 9.76. The zero-order chi connectivity index (χ0) is 19.7. The molecule has 0 aliphatic rings. The molecule has 0 bridgehead atoms. The maximum atomic E-state index is 6.66. The van der Waals surface area contributed by atoms with E-state index in [1.807, 2.05) is 32.3 Å². The molecule has 0 atom stereocenters. The lowest BCUT2D eigenvalue weighted by Crippen LogP contribution is -2.34. The second kappa shape index (κ2) is 10.2. The van der Waals surface area contributed by atoms with Gasteiger partial charge in [-0.3, -0.25) is 0 Å². The molecular formula is C25H29NO2. The molecule has 0 aromatic heterocycles. The van der Waals surface area contributed by atoms with Gasteiger partial charge in [-0.1, -0.05) is 91.0 Å². The van der Waals surface area contributed by atoms with Crippen LogP contribution < -0.4 is 0 Å². The third-order valence-corrected chi connectivity index (χ3v) is 4.77. The Hall–Kier alpha value is -2.46. The van der Waals surface area contributed by atoms with Crippen LogP contribution in [0.3, 0.4) is 0 Å². The van der Waals surface area contributed by atoms with Gasteiger partial charge in [-0.2, -0.15) is 0 Å². The Labute approximate surface area is 168 Å². The van der Waals surface area contributed by atoms with Crippen molar-refractivity contribution in [2.75, 3.05) is 40.5 Å². The van der Waals surface area contributed by atoms with Crippen molar-refractivity contribution in [3.05, 3.63) is 108 Å². The van der Waals surface area contributed by atoms with E-state index in [1.54, 1.807) is 0 Å². The SMILES string of the molecule is CN(C)CCOCCOC(c1ccccc1)(c1ccccc1)c1ccccc1. The van der Waals surface area contributed by atoms with Crippen LogP contribution in [0.5, 0.6) is 0 Å². The van der Waals surface area contributed by atoms with E-state index in [4.69, 9.17) is 9.47 Å². The summed E-state index contributed by atoms with van der Waals surface area (Å²) in [6.07, 6.45) is 0. The second-order valence-corrected chi connectivity index (χ2v) is 7.04. The van der Waals surface area contributed by atoms with Crippen molar-refractivity contribution >= 4 is 0 Å². The Bertz CT molecular complexity index is 707. The maximum absolute atomic E-state index is 6.66. The molecule has 28 heavy (non-hydrogen) atoms. The smallest absolute Gasteiger partial charge is 0.143 e. The molecule has 3 heteroatoms. The van der Waals surface area contributed by atoms with E-state index in [1.165, 1.54) is 0 Å². The van der Waals surface area contributed by atoms with E-state index >= 15 is 0 Å². The van der Waals surface area contributed by atoms with E-state index in [-0.39, 0.29) is 0 Å². The highest BCUT2D eigenvalue weighted by atomic mass is 16.5. The van der Waals surface area contributed by atoms with Crippen molar-refractivity contribution < 1.29 is 9.47 Å². The predicted molar refractivity (Wildman–Crippen MR) is 115 cm³/mol. The van der Waals surface area contributed by atoms with Crippen LogP contribution in [0.15, 0.2) is 91.0 Å². The van der Waals surface area contributed by atoms with Crippen LogP contribution in [0.25, 0.3) is 0 Å². The van der Waals surface area contributed by atoms with Crippen LogP contribution in [0.1, 0.15) is 16.7 Å². The first kappa shape index (κ1) is 20.3. The molecule has 0 fully saturated rings. The molecule has 3 aromatic carbocycles. The third-order valence-electron chi connectivity index (χ3n) is 4.77. The summed E-state index contributed by atoms with van der Waals surface area (Å²) in [5.74, 6) is 0. The van der Waals surface area contributed by atoms with E-state index in [0.717, 1.165) is 23.2 Å². The van der Waals surface area contributed by atoms with Crippen LogP contribution in [-0.2, 0) is 15.1 Å². The van der Waals surface area contributed by atoms with Crippen LogP contribution in [0.4, 0.5) is 0 Å². The number of hydrogen-bond acceptors (Lipinski definition) is 3. The molecule has 3 aromatic rings. The molecule has 0 saturated carbocycles. The van der Waals surface area contributed by atoms with Gasteiger partial charge < -0.3 is 14.4 Å². The number of likely N-dealkylation sites (N-methyl/N-ethyl adjacent to an activating group) is 1. The van der Waals surface area contributed by atoms with Crippen molar-refractivity contribution in [3.63, 3.8) is 0 Å². The summed E-state index contributed by atoms with van der Waals surface area (Å²) in [6, 6.07) is 31.3. The van der Waals surface area contributed by atoms with Crippen LogP contribution >= 0.6 is 0 Å². The molecule has 0 amide bonds. The minimum absolute atomic E-state index is 0.506. The van der Waals surface area contributed by atoms with Crippen LogP contribution in [0.2, 0.25) is 0 Å². The molecule has 3 rings (SSSR count). The lowest BCUT2D eigenvalue weighted by molar-refractivity contribution is -0.0251. The predicted octanol–water partition coefficient (Wildman–Crippen LogP) is 4.57. The molecule has 0 spiro atoms. The van der Waals surface area contributed by atoms with Gasteiger partial charge in [0.15, 0.2) is 0 Å². The number of ether oxygens (including phenoxy) is 2.